The number of nitrogens with zero attached hydrogens (tertiary/aromatic N) is 1. The molecule has 0 bridgehead atoms. The second-order valence-corrected chi connectivity index (χ2v) is 8.66. The molecule has 2 aromatic heterocycles. The molecule has 0 radical (unpaired) electrons. The van der Waals surface area contributed by atoms with Gasteiger partial charge in [0.15, 0.2) is 5.13 Å². The smallest absolute Gasteiger partial charge is 0.291 e. The second kappa shape index (κ2) is 8.24. The average molecular weight is 445 g/mol. The van der Waals surface area contributed by atoms with Gasteiger partial charge in [-0.2, -0.15) is 4.39 Å². The van der Waals surface area contributed by atoms with Crippen molar-refractivity contribution in [3.8, 4) is 0 Å². The summed E-state index contributed by atoms with van der Waals surface area (Å²) in [5, 5.41) is 5.98. The quantitative estimate of drug-likeness (QED) is 0.537. The van der Waals surface area contributed by atoms with Crippen molar-refractivity contribution < 1.29 is 18.3 Å². The van der Waals surface area contributed by atoms with Gasteiger partial charge in [-0.05, 0) is 56.0 Å². The Hall–Kier alpha value is -3.04. The molecule has 1 unspecified atom stereocenters. The summed E-state index contributed by atoms with van der Waals surface area (Å²) in [6.45, 7) is 4.03. The molecule has 2 atom stereocenters. The summed E-state index contributed by atoms with van der Waals surface area (Å²) >= 11 is 0.729. The summed E-state index contributed by atoms with van der Waals surface area (Å²) in [5.74, 6) is -1.12. The van der Waals surface area contributed by atoms with Crippen molar-refractivity contribution in [2.75, 3.05) is 5.32 Å². The molecule has 4 rings (SSSR count). The Labute approximate surface area is 182 Å². The molecule has 162 valence electrons. The number of anilines is 1. The lowest BCUT2D eigenvalue weighted by Crippen LogP contribution is -2.63. The highest BCUT2D eigenvalue weighted by atomic mass is 32.1. The number of nitrogens with one attached hydrogen (secondary N) is 2. The summed E-state index contributed by atoms with van der Waals surface area (Å²) in [6, 6.07) is 5.85. The van der Waals surface area contributed by atoms with Crippen LogP contribution in [-0.4, -0.2) is 22.7 Å². The zero-order valence-electron chi connectivity index (χ0n) is 17.0. The number of nitrogens with two attached hydrogens (primary N) is 1. The third-order valence-electron chi connectivity index (χ3n) is 5.44. The van der Waals surface area contributed by atoms with Gasteiger partial charge >= 0.3 is 0 Å². The number of benzene rings is 1. The van der Waals surface area contributed by atoms with Crippen LogP contribution < -0.4 is 16.4 Å². The van der Waals surface area contributed by atoms with Crippen LogP contribution in [-0.2, 0) is 16.0 Å². The summed E-state index contributed by atoms with van der Waals surface area (Å²) in [4.78, 5) is 17.8. The molecule has 31 heavy (non-hydrogen) atoms. The molecular weight excluding hydrogens is 422 g/mol. The number of hydrogen-bond acceptors (Lipinski definition) is 6. The molecule has 0 fully saturated rings. The van der Waals surface area contributed by atoms with E-state index in [9.17, 15) is 13.6 Å². The van der Waals surface area contributed by atoms with E-state index in [4.69, 9.17) is 10.5 Å². The molecular formula is C22H22F2N4O2S. The standard InChI is InChI=1S/C22H22F2N4O2S/c1-12-7-14-9-15(11-26-17(14)8-13(12)2)28-21(29)22(27-5-6-30-22)19(25)4-3-18-16(23)10-20(24)31-18/h5-11,19,27H,3-4,25H2,1-2H3,(H,28,29)/t19-,22?/m1/s1. The summed E-state index contributed by atoms with van der Waals surface area (Å²) in [7, 11) is 0. The van der Waals surface area contributed by atoms with Crippen LogP contribution in [0.1, 0.15) is 22.4 Å². The van der Waals surface area contributed by atoms with Crippen molar-refractivity contribution in [2.24, 2.45) is 5.73 Å². The summed E-state index contributed by atoms with van der Waals surface area (Å²) < 4.78 is 32.6. The first-order valence-corrected chi connectivity index (χ1v) is 10.6. The maximum Gasteiger partial charge on any atom is 0.291 e. The number of hydrogen-bond donors (Lipinski definition) is 3. The van der Waals surface area contributed by atoms with Gasteiger partial charge in [-0.3, -0.25) is 9.78 Å². The second-order valence-electron chi connectivity index (χ2n) is 7.57. The highest BCUT2D eigenvalue weighted by Gasteiger charge is 2.47. The molecule has 1 aromatic carbocycles. The lowest BCUT2D eigenvalue weighted by molar-refractivity contribution is -0.137. The average Bonchev–Trinajstić information content (AvgIpc) is 3.34. The number of halogens is 2. The third-order valence-corrected chi connectivity index (χ3v) is 6.40. The van der Waals surface area contributed by atoms with Crippen molar-refractivity contribution >= 4 is 33.8 Å². The summed E-state index contributed by atoms with van der Waals surface area (Å²) in [5.41, 5.74) is 8.31. The Balaban J connectivity index is 1.52. The Bertz CT molecular complexity index is 1170. The lowest BCUT2D eigenvalue weighted by atomic mass is 9.98. The maximum atomic E-state index is 13.7. The molecule has 3 heterocycles. The van der Waals surface area contributed by atoms with Crippen molar-refractivity contribution in [1.29, 1.82) is 0 Å². The van der Waals surface area contributed by atoms with Gasteiger partial charge in [0.25, 0.3) is 11.6 Å². The van der Waals surface area contributed by atoms with Crippen molar-refractivity contribution in [3.05, 3.63) is 69.9 Å². The van der Waals surface area contributed by atoms with Crippen LogP contribution in [0.15, 0.2) is 42.9 Å². The van der Waals surface area contributed by atoms with Crippen LogP contribution in [0, 0.1) is 24.8 Å². The number of fused-ring (bicyclic) bond motifs is 1. The Kier molecular flexibility index (Phi) is 5.63. The monoisotopic (exact) mass is 444 g/mol. The number of thiophene rings is 1. The first kappa shape index (κ1) is 21.2. The van der Waals surface area contributed by atoms with Crippen LogP contribution in [0.5, 0.6) is 0 Å². The zero-order chi connectivity index (χ0) is 22.2. The molecule has 1 amide bonds. The number of carbonyl (C=O) groups is 1. The summed E-state index contributed by atoms with van der Waals surface area (Å²) in [6.07, 6.45) is 4.77. The normalized spacial score (nSPS) is 18.6. The number of aryl methyl sites for hydroxylation is 3. The largest absolute Gasteiger partial charge is 0.463 e. The van der Waals surface area contributed by atoms with E-state index in [1.807, 2.05) is 32.0 Å². The Morgan fingerprint density at radius 1 is 1.29 bits per heavy atom. The molecule has 1 aliphatic rings. The SMILES string of the molecule is Cc1cc2cc(NC(=O)C3([C@H](N)CCc4sc(F)cc4F)NC=CO3)cnc2cc1C. The molecule has 4 N–H and O–H groups in total. The van der Waals surface area contributed by atoms with E-state index in [1.165, 1.54) is 12.5 Å². The number of aromatic nitrogens is 1. The van der Waals surface area contributed by atoms with E-state index in [-0.39, 0.29) is 17.7 Å². The molecule has 9 heteroatoms. The van der Waals surface area contributed by atoms with Gasteiger partial charge in [0.2, 0.25) is 0 Å². The molecule has 0 spiro atoms. The van der Waals surface area contributed by atoms with Crippen molar-refractivity contribution in [1.82, 2.24) is 10.3 Å². The van der Waals surface area contributed by atoms with E-state index in [0.717, 1.165) is 39.4 Å². The van der Waals surface area contributed by atoms with Crippen molar-refractivity contribution in [3.63, 3.8) is 0 Å². The van der Waals surface area contributed by atoms with Crippen LogP contribution in [0.3, 0.4) is 0 Å². The van der Waals surface area contributed by atoms with E-state index in [1.54, 1.807) is 6.20 Å². The van der Waals surface area contributed by atoms with Gasteiger partial charge in [-0.15, -0.1) is 11.3 Å². The Morgan fingerprint density at radius 2 is 2.06 bits per heavy atom. The van der Waals surface area contributed by atoms with Crippen LogP contribution in [0.4, 0.5) is 14.5 Å². The minimum atomic E-state index is -1.57. The first-order valence-electron chi connectivity index (χ1n) is 9.77. The van der Waals surface area contributed by atoms with Crippen LogP contribution in [0.25, 0.3) is 10.9 Å². The maximum absolute atomic E-state index is 13.7. The third kappa shape index (κ3) is 4.11. The van der Waals surface area contributed by atoms with E-state index < -0.39 is 28.6 Å². The van der Waals surface area contributed by atoms with Gasteiger partial charge in [-0.25, -0.2) is 4.39 Å². The zero-order valence-corrected chi connectivity index (χ0v) is 17.9. The Morgan fingerprint density at radius 3 is 2.74 bits per heavy atom. The van der Waals surface area contributed by atoms with Gasteiger partial charge in [0.1, 0.15) is 12.1 Å². The molecule has 0 aliphatic carbocycles. The number of carbonyl (C=O) groups excluding carboxylic acids is 1. The van der Waals surface area contributed by atoms with E-state index in [2.05, 4.69) is 15.6 Å². The number of rotatable bonds is 6. The predicted octanol–water partition coefficient (Wildman–Crippen LogP) is 3.88. The van der Waals surface area contributed by atoms with E-state index in [0.29, 0.717) is 5.69 Å². The number of amides is 1. The highest BCUT2D eigenvalue weighted by Crippen LogP contribution is 2.27. The van der Waals surface area contributed by atoms with Gasteiger partial charge in [0, 0.05) is 22.5 Å². The molecule has 6 nitrogen and oxygen atoms in total. The van der Waals surface area contributed by atoms with E-state index >= 15 is 0 Å². The molecule has 3 aromatic rings. The fourth-order valence-electron chi connectivity index (χ4n) is 3.54. The van der Waals surface area contributed by atoms with Gasteiger partial charge < -0.3 is 21.1 Å². The fourth-order valence-corrected chi connectivity index (χ4v) is 4.31. The topological polar surface area (TPSA) is 89.3 Å². The molecule has 0 saturated carbocycles. The predicted molar refractivity (Wildman–Crippen MR) is 116 cm³/mol. The van der Waals surface area contributed by atoms with Gasteiger partial charge in [0.05, 0.1) is 23.4 Å². The first-order chi connectivity index (χ1) is 14.8. The van der Waals surface area contributed by atoms with Crippen LogP contribution >= 0.6 is 11.3 Å². The molecule has 0 saturated heterocycles. The lowest BCUT2D eigenvalue weighted by Gasteiger charge is -2.33. The fraction of sp³-hybridized carbons (Fsp3) is 0.273. The highest BCUT2D eigenvalue weighted by molar-refractivity contribution is 7.10. The number of pyridine rings is 1. The van der Waals surface area contributed by atoms with Crippen molar-refractivity contribution in [2.45, 2.75) is 38.5 Å². The van der Waals surface area contributed by atoms with Crippen LogP contribution in [0.2, 0.25) is 0 Å². The molecule has 1 aliphatic heterocycles. The minimum Gasteiger partial charge on any atom is -0.463 e. The number of ether oxygens (including phenoxy) is 1. The minimum absolute atomic E-state index is 0.178. The van der Waals surface area contributed by atoms with Gasteiger partial charge in [-0.1, -0.05) is 0 Å².